The molecule has 1 amide bonds. The van der Waals surface area contributed by atoms with Crippen molar-refractivity contribution >= 4 is 16.9 Å². The Labute approximate surface area is 112 Å². The molecule has 5 heteroatoms. The molecule has 3 N–H and O–H groups in total. The first-order valence-corrected chi connectivity index (χ1v) is 6.65. The topological polar surface area (TPSA) is 72.9 Å². The Kier molecular flexibility index (Phi) is 4.52. The molecule has 0 unspecified atom stereocenters. The minimum atomic E-state index is -0.394. The average Bonchev–Trinajstić information content (AvgIpc) is 2.86. The molecule has 0 aliphatic heterocycles. The van der Waals surface area contributed by atoms with Gasteiger partial charge in [0.1, 0.15) is 0 Å². The summed E-state index contributed by atoms with van der Waals surface area (Å²) in [5, 5.41) is 2.85. The lowest BCUT2D eigenvalue weighted by molar-refractivity contribution is -0.122. The van der Waals surface area contributed by atoms with Crippen LogP contribution >= 0.6 is 0 Å². The average molecular weight is 260 g/mol. The van der Waals surface area contributed by atoms with Crippen molar-refractivity contribution in [3.05, 3.63) is 30.6 Å². The van der Waals surface area contributed by atoms with Crippen LogP contribution in [0.2, 0.25) is 0 Å². The molecule has 0 aliphatic carbocycles. The van der Waals surface area contributed by atoms with Crippen LogP contribution in [0.3, 0.4) is 0 Å². The monoisotopic (exact) mass is 260 g/mol. The molecule has 0 aliphatic rings. The van der Waals surface area contributed by atoms with E-state index >= 15 is 0 Å². The van der Waals surface area contributed by atoms with Gasteiger partial charge in [0, 0.05) is 13.1 Å². The summed E-state index contributed by atoms with van der Waals surface area (Å²) in [5.41, 5.74) is 7.76. The molecule has 0 bridgehead atoms. The molecule has 1 aromatic heterocycles. The molecule has 1 heterocycles. The van der Waals surface area contributed by atoms with E-state index in [1.54, 1.807) is 0 Å². The molecule has 0 fully saturated rings. The zero-order valence-corrected chi connectivity index (χ0v) is 11.2. The van der Waals surface area contributed by atoms with E-state index in [9.17, 15) is 4.79 Å². The first-order chi connectivity index (χ1) is 9.22. The highest BCUT2D eigenvalue weighted by Crippen LogP contribution is 2.11. The third kappa shape index (κ3) is 3.32. The normalized spacial score (nSPS) is 12.5. The van der Waals surface area contributed by atoms with Gasteiger partial charge in [0.25, 0.3) is 0 Å². The highest BCUT2D eigenvalue weighted by atomic mass is 16.2. The summed E-state index contributed by atoms with van der Waals surface area (Å²) in [6.07, 6.45) is 3.37. The summed E-state index contributed by atoms with van der Waals surface area (Å²) < 4.78 is 2.10. The standard InChI is InChI=1S/C14H20N4O/c1-2-11(15)14(19)16-8-5-9-18-10-17-12-6-3-4-7-13(12)18/h3-4,6-7,10-11H,2,5,8-9,15H2,1H3,(H,16,19)/t11-/m1/s1. The van der Waals surface area contributed by atoms with Crippen LogP contribution in [0.25, 0.3) is 11.0 Å². The quantitative estimate of drug-likeness (QED) is 0.768. The number of nitrogens with two attached hydrogens (primary N) is 1. The van der Waals surface area contributed by atoms with E-state index in [4.69, 9.17) is 5.73 Å². The van der Waals surface area contributed by atoms with Crippen LogP contribution in [-0.4, -0.2) is 28.0 Å². The van der Waals surface area contributed by atoms with Gasteiger partial charge in [0.2, 0.25) is 5.91 Å². The number of hydrogen-bond acceptors (Lipinski definition) is 3. The fraction of sp³-hybridized carbons (Fsp3) is 0.429. The van der Waals surface area contributed by atoms with E-state index < -0.39 is 6.04 Å². The van der Waals surface area contributed by atoms with Crippen molar-refractivity contribution in [2.75, 3.05) is 6.54 Å². The van der Waals surface area contributed by atoms with Crippen LogP contribution in [0.4, 0.5) is 0 Å². The summed E-state index contributed by atoms with van der Waals surface area (Å²) >= 11 is 0. The van der Waals surface area contributed by atoms with Crippen molar-refractivity contribution < 1.29 is 4.79 Å². The highest BCUT2D eigenvalue weighted by molar-refractivity contribution is 5.81. The van der Waals surface area contributed by atoms with Crippen molar-refractivity contribution in [2.24, 2.45) is 5.73 Å². The number of aromatic nitrogens is 2. The Hall–Kier alpha value is -1.88. The Morgan fingerprint density at radius 1 is 1.47 bits per heavy atom. The minimum Gasteiger partial charge on any atom is -0.355 e. The van der Waals surface area contributed by atoms with Crippen molar-refractivity contribution in [1.82, 2.24) is 14.9 Å². The molecule has 0 radical (unpaired) electrons. The second-order valence-corrected chi connectivity index (χ2v) is 4.59. The summed E-state index contributed by atoms with van der Waals surface area (Å²) in [6.45, 7) is 3.38. The maximum Gasteiger partial charge on any atom is 0.236 e. The lowest BCUT2D eigenvalue weighted by Gasteiger charge is -2.10. The smallest absolute Gasteiger partial charge is 0.236 e. The Balaban J connectivity index is 1.82. The first kappa shape index (κ1) is 13.5. The van der Waals surface area contributed by atoms with Gasteiger partial charge in [-0.25, -0.2) is 4.98 Å². The Morgan fingerprint density at radius 3 is 3.05 bits per heavy atom. The number of para-hydroxylation sites is 2. The molecule has 2 rings (SSSR count). The van der Waals surface area contributed by atoms with Crippen LogP contribution in [0.1, 0.15) is 19.8 Å². The van der Waals surface area contributed by atoms with Gasteiger partial charge in [-0.2, -0.15) is 0 Å². The van der Waals surface area contributed by atoms with E-state index in [0.717, 1.165) is 24.0 Å². The predicted molar refractivity (Wildman–Crippen MR) is 75.6 cm³/mol. The van der Waals surface area contributed by atoms with Gasteiger partial charge in [-0.05, 0) is 25.0 Å². The van der Waals surface area contributed by atoms with E-state index in [2.05, 4.69) is 14.9 Å². The predicted octanol–water partition coefficient (Wildman–Crippen LogP) is 1.28. The molecule has 2 aromatic rings. The molecule has 102 valence electrons. The number of imidazole rings is 1. The van der Waals surface area contributed by atoms with Crippen LogP contribution in [0.5, 0.6) is 0 Å². The van der Waals surface area contributed by atoms with Gasteiger partial charge >= 0.3 is 0 Å². The number of nitrogens with one attached hydrogen (secondary N) is 1. The maximum absolute atomic E-state index is 11.5. The third-order valence-corrected chi connectivity index (χ3v) is 3.18. The summed E-state index contributed by atoms with van der Waals surface area (Å²) in [6, 6.07) is 7.63. The van der Waals surface area contributed by atoms with Gasteiger partial charge in [0.05, 0.1) is 23.4 Å². The summed E-state index contributed by atoms with van der Waals surface area (Å²) in [4.78, 5) is 15.8. The number of amides is 1. The molecule has 5 nitrogen and oxygen atoms in total. The van der Waals surface area contributed by atoms with Crippen LogP contribution in [0.15, 0.2) is 30.6 Å². The van der Waals surface area contributed by atoms with Gasteiger partial charge in [-0.1, -0.05) is 19.1 Å². The number of benzene rings is 1. The van der Waals surface area contributed by atoms with Crippen molar-refractivity contribution in [3.63, 3.8) is 0 Å². The lowest BCUT2D eigenvalue weighted by Crippen LogP contribution is -2.40. The number of nitrogens with zero attached hydrogens (tertiary/aromatic N) is 2. The fourth-order valence-electron chi connectivity index (χ4n) is 1.97. The fourth-order valence-corrected chi connectivity index (χ4v) is 1.97. The maximum atomic E-state index is 11.5. The zero-order valence-electron chi connectivity index (χ0n) is 11.2. The Bertz CT molecular complexity index is 549. The summed E-state index contributed by atoms with van der Waals surface area (Å²) in [5.74, 6) is -0.0713. The first-order valence-electron chi connectivity index (χ1n) is 6.65. The van der Waals surface area contributed by atoms with E-state index in [1.807, 2.05) is 37.5 Å². The molecule has 0 saturated carbocycles. The van der Waals surface area contributed by atoms with Gasteiger partial charge < -0.3 is 15.6 Å². The van der Waals surface area contributed by atoms with Crippen molar-refractivity contribution in [1.29, 1.82) is 0 Å². The van der Waals surface area contributed by atoms with Gasteiger partial charge in [0.15, 0.2) is 0 Å². The third-order valence-electron chi connectivity index (χ3n) is 3.18. The molecule has 1 atom stereocenters. The number of hydrogen-bond donors (Lipinski definition) is 2. The second kappa shape index (κ2) is 6.33. The number of carbonyl (C=O) groups excluding carboxylic acids is 1. The van der Waals surface area contributed by atoms with Crippen LogP contribution in [0, 0.1) is 0 Å². The van der Waals surface area contributed by atoms with E-state index in [-0.39, 0.29) is 5.91 Å². The number of fused-ring (bicyclic) bond motifs is 1. The summed E-state index contributed by atoms with van der Waals surface area (Å²) in [7, 11) is 0. The zero-order chi connectivity index (χ0) is 13.7. The molecule has 0 saturated heterocycles. The second-order valence-electron chi connectivity index (χ2n) is 4.59. The molecular formula is C14H20N4O. The van der Waals surface area contributed by atoms with Gasteiger partial charge in [-0.3, -0.25) is 4.79 Å². The van der Waals surface area contributed by atoms with Crippen molar-refractivity contribution in [3.8, 4) is 0 Å². The SMILES string of the molecule is CC[C@@H](N)C(=O)NCCCn1cnc2ccccc21. The number of carbonyl (C=O) groups is 1. The number of aryl methyl sites for hydroxylation is 1. The van der Waals surface area contributed by atoms with E-state index in [0.29, 0.717) is 13.0 Å². The number of rotatable bonds is 6. The largest absolute Gasteiger partial charge is 0.355 e. The van der Waals surface area contributed by atoms with Crippen LogP contribution in [-0.2, 0) is 11.3 Å². The van der Waals surface area contributed by atoms with Crippen molar-refractivity contribution in [2.45, 2.75) is 32.4 Å². The molecule has 1 aromatic carbocycles. The van der Waals surface area contributed by atoms with Crippen LogP contribution < -0.4 is 11.1 Å². The Morgan fingerprint density at radius 2 is 2.26 bits per heavy atom. The highest BCUT2D eigenvalue weighted by Gasteiger charge is 2.09. The van der Waals surface area contributed by atoms with E-state index in [1.165, 1.54) is 0 Å². The van der Waals surface area contributed by atoms with Gasteiger partial charge in [-0.15, -0.1) is 0 Å². The minimum absolute atomic E-state index is 0.0713. The molecular weight excluding hydrogens is 240 g/mol. The molecule has 19 heavy (non-hydrogen) atoms. The molecule has 0 spiro atoms. The lowest BCUT2D eigenvalue weighted by atomic mass is 10.2.